The molecule has 0 radical (unpaired) electrons. The molecule has 22 heavy (non-hydrogen) atoms. The summed E-state index contributed by atoms with van der Waals surface area (Å²) in [7, 11) is 0. The molecule has 0 spiro atoms. The number of rotatable bonds is 2. The number of carbonyl (C=O) groups is 1. The second kappa shape index (κ2) is 6.34. The van der Waals surface area contributed by atoms with E-state index >= 15 is 0 Å². The van der Waals surface area contributed by atoms with Gasteiger partial charge in [0.25, 0.3) is 5.91 Å². The number of nitrogens with zero attached hydrogens (tertiary/aromatic N) is 3. The van der Waals surface area contributed by atoms with Gasteiger partial charge in [-0.15, -0.1) is 0 Å². The summed E-state index contributed by atoms with van der Waals surface area (Å²) in [5.74, 6) is 6.22. The largest absolute Gasteiger partial charge is 0.344 e. The molecule has 8 heteroatoms. The van der Waals surface area contributed by atoms with E-state index in [2.05, 4.69) is 64.0 Å². The summed E-state index contributed by atoms with van der Waals surface area (Å²) in [4.78, 5) is 23.1. The number of carbonyl (C=O) groups excluding carboxylic acids is 1. The lowest BCUT2D eigenvalue weighted by atomic mass is 10.4. The first-order valence-corrected chi connectivity index (χ1v) is 7.83. The monoisotopic (exact) mass is 421 g/mol. The Bertz CT molecular complexity index is 883. The quantitative estimate of drug-likeness (QED) is 0.622. The highest BCUT2D eigenvalue weighted by Crippen LogP contribution is 2.22. The molecule has 6 nitrogen and oxygen atoms in total. The summed E-state index contributed by atoms with van der Waals surface area (Å²) in [5, 5.41) is 2.72. The molecule has 0 aliphatic carbocycles. The minimum atomic E-state index is -0.222. The standard InChI is InChI=1S/C14H9Br2N5O/c15-10-7-11(20-12(10)16)13(22)17-4-1-3-9-8-19-14-18-5-2-6-21(9)14/h2,5-8,20H,4H2,(H,17,22). The summed E-state index contributed by atoms with van der Waals surface area (Å²) < 4.78 is 3.30. The number of H-pyrrole nitrogens is 1. The number of aromatic amines is 1. The van der Waals surface area contributed by atoms with Crippen LogP contribution in [0.2, 0.25) is 0 Å². The van der Waals surface area contributed by atoms with Gasteiger partial charge in [-0.05, 0) is 49.9 Å². The Morgan fingerprint density at radius 1 is 1.41 bits per heavy atom. The van der Waals surface area contributed by atoms with Crippen LogP contribution in [0.4, 0.5) is 0 Å². The van der Waals surface area contributed by atoms with Crippen molar-refractivity contribution < 1.29 is 4.79 Å². The normalized spacial score (nSPS) is 10.3. The minimum absolute atomic E-state index is 0.222. The third-order valence-corrected chi connectivity index (χ3v) is 4.60. The van der Waals surface area contributed by atoms with Gasteiger partial charge in [-0.2, -0.15) is 0 Å². The predicted molar refractivity (Wildman–Crippen MR) is 88.4 cm³/mol. The van der Waals surface area contributed by atoms with Crippen LogP contribution in [0.1, 0.15) is 16.2 Å². The van der Waals surface area contributed by atoms with E-state index in [1.165, 1.54) is 0 Å². The van der Waals surface area contributed by atoms with Crippen LogP contribution in [0, 0.1) is 11.8 Å². The van der Waals surface area contributed by atoms with E-state index in [4.69, 9.17) is 0 Å². The fourth-order valence-electron chi connectivity index (χ4n) is 1.80. The van der Waals surface area contributed by atoms with Crippen LogP contribution >= 0.6 is 31.9 Å². The van der Waals surface area contributed by atoms with Gasteiger partial charge in [-0.25, -0.2) is 9.97 Å². The van der Waals surface area contributed by atoms with Gasteiger partial charge < -0.3 is 10.3 Å². The predicted octanol–water partition coefficient (Wildman–Crippen LogP) is 2.36. The third-order valence-electron chi connectivity index (χ3n) is 2.81. The summed E-state index contributed by atoms with van der Waals surface area (Å²) in [6, 6.07) is 3.51. The molecule has 3 aromatic rings. The summed E-state index contributed by atoms with van der Waals surface area (Å²) in [6.45, 7) is 0.237. The zero-order valence-electron chi connectivity index (χ0n) is 11.1. The van der Waals surface area contributed by atoms with Crippen LogP contribution in [0.25, 0.3) is 5.78 Å². The van der Waals surface area contributed by atoms with Crippen molar-refractivity contribution in [2.45, 2.75) is 0 Å². The Kier molecular flexibility index (Phi) is 4.27. The third kappa shape index (κ3) is 3.05. The van der Waals surface area contributed by atoms with Gasteiger partial charge in [-0.1, -0.05) is 5.92 Å². The van der Waals surface area contributed by atoms with E-state index in [1.807, 2.05) is 12.3 Å². The first kappa shape index (κ1) is 14.8. The lowest BCUT2D eigenvalue weighted by Gasteiger charge is -1.97. The van der Waals surface area contributed by atoms with Crippen molar-refractivity contribution in [2.75, 3.05) is 6.54 Å². The van der Waals surface area contributed by atoms with Crippen molar-refractivity contribution in [3.63, 3.8) is 0 Å². The Morgan fingerprint density at radius 3 is 3.05 bits per heavy atom. The number of halogens is 2. The van der Waals surface area contributed by atoms with Gasteiger partial charge in [-0.3, -0.25) is 9.20 Å². The van der Waals surface area contributed by atoms with Crippen molar-refractivity contribution in [2.24, 2.45) is 0 Å². The molecule has 2 N–H and O–H groups in total. The molecule has 0 bridgehead atoms. The second-order valence-electron chi connectivity index (χ2n) is 4.26. The highest BCUT2D eigenvalue weighted by atomic mass is 79.9. The van der Waals surface area contributed by atoms with Crippen LogP contribution in [-0.4, -0.2) is 31.8 Å². The molecule has 0 saturated carbocycles. The van der Waals surface area contributed by atoms with Gasteiger partial charge in [0.1, 0.15) is 11.4 Å². The highest BCUT2D eigenvalue weighted by Gasteiger charge is 2.09. The number of amides is 1. The van der Waals surface area contributed by atoms with Crippen LogP contribution in [0.15, 0.2) is 39.8 Å². The van der Waals surface area contributed by atoms with Gasteiger partial charge in [0.2, 0.25) is 5.78 Å². The van der Waals surface area contributed by atoms with Crippen molar-refractivity contribution in [1.29, 1.82) is 0 Å². The van der Waals surface area contributed by atoms with Gasteiger partial charge in [0.15, 0.2) is 0 Å². The smallest absolute Gasteiger partial charge is 0.268 e. The Morgan fingerprint density at radius 2 is 2.27 bits per heavy atom. The molecule has 110 valence electrons. The molecular formula is C14H9Br2N5O. The molecule has 0 saturated heterocycles. The Balaban J connectivity index is 1.65. The van der Waals surface area contributed by atoms with Gasteiger partial charge in [0.05, 0.1) is 21.8 Å². The van der Waals surface area contributed by atoms with E-state index in [0.29, 0.717) is 11.5 Å². The molecule has 0 atom stereocenters. The zero-order chi connectivity index (χ0) is 15.5. The lowest BCUT2D eigenvalue weighted by Crippen LogP contribution is -2.23. The van der Waals surface area contributed by atoms with E-state index in [9.17, 15) is 4.79 Å². The molecule has 0 aromatic carbocycles. The number of nitrogens with one attached hydrogen (secondary N) is 2. The average Bonchev–Trinajstić information content (AvgIpc) is 3.08. The van der Waals surface area contributed by atoms with Gasteiger partial charge in [0, 0.05) is 12.4 Å². The number of hydrogen-bond acceptors (Lipinski definition) is 3. The van der Waals surface area contributed by atoms with Crippen molar-refractivity contribution in [3.8, 4) is 11.8 Å². The maximum Gasteiger partial charge on any atom is 0.268 e. The SMILES string of the molecule is O=C(NCC#Cc1cnc2ncccn12)c1cc(Br)c(Br)[nH]1. The highest BCUT2D eigenvalue weighted by molar-refractivity contribution is 9.13. The lowest BCUT2D eigenvalue weighted by molar-refractivity contribution is 0.0954. The maximum atomic E-state index is 11.9. The topological polar surface area (TPSA) is 75.1 Å². The number of aromatic nitrogens is 4. The Hall–Kier alpha value is -2.11. The fraction of sp³-hybridized carbons (Fsp3) is 0.0714. The van der Waals surface area contributed by atoms with E-state index in [-0.39, 0.29) is 12.5 Å². The number of fused-ring (bicyclic) bond motifs is 1. The van der Waals surface area contributed by atoms with Crippen LogP contribution in [0.5, 0.6) is 0 Å². The zero-order valence-corrected chi connectivity index (χ0v) is 14.3. The van der Waals surface area contributed by atoms with E-state index in [1.54, 1.807) is 22.9 Å². The van der Waals surface area contributed by atoms with E-state index < -0.39 is 0 Å². The molecular weight excluding hydrogens is 414 g/mol. The van der Waals surface area contributed by atoms with Crippen molar-refractivity contribution in [3.05, 3.63) is 51.2 Å². The minimum Gasteiger partial charge on any atom is -0.344 e. The molecule has 0 unspecified atom stereocenters. The molecule has 0 aliphatic heterocycles. The second-order valence-corrected chi connectivity index (χ2v) is 5.91. The molecule has 3 rings (SSSR count). The number of imidazole rings is 1. The summed E-state index contributed by atoms with van der Waals surface area (Å²) in [6.07, 6.45) is 5.16. The molecule has 3 aromatic heterocycles. The van der Waals surface area contributed by atoms with Gasteiger partial charge >= 0.3 is 0 Å². The first-order chi connectivity index (χ1) is 10.6. The molecule has 3 heterocycles. The summed E-state index contributed by atoms with van der Waals surface area (Å²) >= 11 is 6.60. The maximum absolute atomic E-state index is 11.9. The van der Waals surface area contributed by atoms with Crippen LogP contribution < -0.4 is 5.32 Å². The average molecular weight is 423 g/mol. The van der Waals surface area contributed by atoms with Crippen LogP contribution in [-0.2, 0) is 0 Å². The Labute approximate surface area is 142 Å². The molecule has 1 amide bonds. The molecule has 0 aliphatic rings. The fourth-order valence-corrected chi connectivity index (χ4v) is 2.46. The van der Waals surface area contributed by atoms with E-state index in [0.717, 1.165) is 14.8 Å². The van der Waals surface area contributed by atoms with Crippen LogP contribution in [0.3, 0.4) is 0 Å². The van der Waals surface area contributed by atoms with Crippen molar-refractivity contribution in [1.82, 2.24) is 24.7 Å². The number of hydrogen-bond donors (Lipinski definition) is 2. The summed E-state index contributed by atoms with van der Waals surface area (Å²) in [5.41, 5.74) is 1.18. The van der Waals surface area contributed by atoms with Crippen molar-refractivity contribution >= 4 is 43.5 Å². The molecule has 0 fully saturated rings. The first-order valence-electron chi connectivity index (χ1n) is 6.24.